The summed E-state index contributed by atoms with van der Waals surface area (Å²) < 4.78 is 5.56. The van der Waals surface area contributed by atoms with E-state index in [1.54, 1.807) is 18.5 Å². The van der Waals surface area contributed by atoms with Crippen LogP contribution in [-0.4, -0.2) is 48.1 Å². The monoisotopic (exact) mass is 393 g/mol. The Bertz CT molecular complexity index is 758. The highest BCUT2D eigenvalue weighted by atomic mass is 35.5. The SMILES string of the molecule is C[C@@H]1CN(c2ccc(Cl)cc2Cl)CCN1C(=O)COCc1ccncc1. The van der Waals surface area contributed by atoms with Crippen molar-refractivity contribution >= 4 is 34.8 Å². The lowest BCUT2D eigenvalue weighted by Gasteiger charge is -2.41. The maximum Gasteiger partial charge on any atom is 0.248 e. The van der Waals surface area contributed by atoms with Gasteiger partial charge in [0.1, 0.15) is 6.61 Å². The van der Waals surface area contributed by atoms with E-state index in [1.807, 2.05) is 36.1 Å². The van der Waals surface area contributed by atoms with E-state index >= 15 is 0 Å². The molecule has 2 aromatic rings. The zero-order valence-electron chi connectivity index (χ0n) is 14.6. The maximum atomic E-state index is 12.5. The van der Waals surface area contributed by atoms with Crippen molar-refractivity contribution in [3.05, 3.63) is 58.3 Å². The number of carbonyl (C=O) groups is 1. The number of amides is 1. The second-order valence-corrected chi connectivity index (χ2v) is 7.17. The van der Waals surface area contributed by atoms with Crippen molar-refractivity contribution in [1.29, 1.82) is 0 Å². The Morgan fingerprint density at radius 3 is 2.69 bits per heavy atom. The van der Waals surface area contributed by atoms with Gasteiger partial charge in [0.25, 0.3) is 0 Å². The molecule has 138 valence electrons. The first-order valence-electron chi connectivity index (χ1n) is 8.50. The fourth-order valence-corrected chi connectivity index (χ4v) is 3.63. The molecule has 0 unspecified atom stereocenters. The Labute approximate surface area is 163 Å². The molecule has 1 saturated heterocycles. The zero-order valence-corrected chi connectivity index (χ0v) is 16.1. The van der Waals surface area contributed by atoms with Gasteiger partial charge in [-0.3, -0.25) is 9.78 Å². The quantitative estimate of drug-likeness (QED) is 0.777. The fourth-order valence-electron chi connectivity index (χ4n) is 3.10. The smallest absolute Gasteiger partial charge is 0.248 e. The summed E-state index contributed by atoms with van der Waals surface area (Å²) in [6.07, 6.45) is 3.42. The predicted molar refractivity (Wildman–Crippen MR) is 104 cm³/mol. The normalized spacial score (nSPS) is 17.4. The standard InChI is InChI=1S/C19H21Cl2N3O2/c1-14-11-23(18-3-2-16(20)10-17(18)21)8-9-24(14)19(25)13-26-12-15-4-6-22-7-5-15/h2-7,10,14H,8-9,11-13H2,1H3/t14-/m1/s1. The highest BCUT2D eigenvalue weighted by Crippen LogP contribution is 2.30. The van der Waals surface area contributed by atoms with E-state index in [0.717, 1.165) is 24.3 Å². The van der Waals surface area contributed by atoms with Crippen molar-refractivity contribution in [1.82, 2.24) is 9.88 Å². The largest absolute Gasteiger partial charge is 0.367 e. The van der Waals surface area contributed by atoms with E-state index in [1.165, 1.54) is 0 Å². The van der Waals surface area contributed by atoms with Gasteiger partial charge in [-0.25, -0.2) is 0 Å². The van der Waals surface area contributed by atoms with E-state index in [0.29, 0.717) is 23.2 Å². The second kappa shape index (κ2) is 8.71. The number of halogens is 2. The van der Waals surface area contributed by atoms with Gasteiger partial charge in [0.15, 0.2) is 0 Å². The van der Waals surface area contributed by atoms with Crippen molar-refractivity contribution < 1.29 is 9.53 Å². The number of piperazine rings is 1. The van der Waals surface area contributed by atoms with Crippen LogP contribution in [0.5, 0.6) is 0 Å². The molecule has 0 bridgehead atoms. The molecule has 5 nitrogen and oxygen atoms in total. The molecule has 0 N–H and O–H groups in total. The van der Waals surface area contributed by atoms with Crippen molar-refractivity contribution in [3.63, 3.8) is 0 Å². The molecule has 1 fully saturated rings. The van der Waals surface area contributed by atoms with Crippen LogP contribution in [0, 0.1) is 0 Å². The lowest BCUT2D eigenvalue weighted by atomic mass is 10.1. The average molecular weight is 394 g/mol. The number of rotatable bonds is 5. The van der Waals surface area contributed by atoms with Crippen LogP contribution in [0.1, 0.15) is 12.5 Å². The minimum Gasteiger partial charge on any atom is -0.367 e. The van der Waals surface area contributed by atoms with E-state index < -0.39 is 0 Å². The molecule has 1 aromatic carbocycles. The molecule has 2 heterocycles. The van der Waals surface area contributed by atoms with E-state index in [2.05, 4.69) is 9.88 Å². The molecule has 0 radical (unpaired) electrons. The first kappa shape index (κ1) is 19.0. The molecule has 1 aromatic heterocycles. The van der Waals surface area contributed by atoms with Crippen molar-refractivity contribution in [2.45, 2.75) is 19.6 Å². The summed E-state index contributed by atoms with van der Waals surface area (Å²) in [5, 5.41) is 1.25. The number of hydrogen-bond donors (Lipinski definition) is 0. The second-order valence-electron chi connectivity index (χ2n) is 6.33. The number of hydrogen-bond acceptors (Lipinski definition) is 4. The van der Waals surface area contributed by atoms with Crippen LogP contribution >= 0.6 is 23.2 Å². The molecule has 0 aliphatic carbocycles. The zero-order chi connectivity index (χ0) is 18.5. The van der Waals surface area contributed by atoms with Crippen LogP contribution in [0.15, 0.2) is 42.7 Å². The number of pyridine rings is 1. The molecule has 0 saturated carbocycles. The van der Waals surface area contributed by atoms with Crippen LogP contribution in [0.3, 0.4) is 0 Å². The van der Waals surface area contributed by atoms with Crippen molar-refractivity contribution in [2.24, 2.45) is 0 Å². The Kier molecular flexibility index (Phi) is 6.35. The van der Waals surface area contributed by atoms with Crippen molar-refractivity contribution in [3.8, 4) is 0 Å². The maximum absolute atomic E-state index is 12.5. The summed E-state index contributed by atoms with van der Waals surface area (Å²) in [5.41, 5.74) is 1.95. The van der Waals surface area contributed by atoms with Gasteiger partial charge in [0.2, 0.25) is 5.91 Å². The van der Waals surface area contributed by atoms with Crippen LogP contribution in [0.25, 0.3) is 0 Å². The lowest BCUT2D eigenvalue weighted by molar-refractivity contribution is -0.139. The van der Waals surface area contributed by atoms with Gasteiger partial charge in [0.05, 0.1) is 17.3 Å². The van der Waals surface area contributed by atoms with Gasteiger partial charge < -0.3 is 14.5 Å². The molecule has 0 spiro atoms. The predicted octanol–water partition coefficient (Wildman–Crippen LogP) is 3.64. The van der Waals surface area contributed by atoms with Crippen LogP contribution in [0.4, 0.5) is 5.69 Å². The average Bonchev–Trinajstić information content (AvgIpc) is 2.62. The van der Waals surface area contributed by atoms with Gasteiger partial charge in [0, 0.05) is 43.1 Å². The minimum absolute atomic E-state index is 0.00779. The molecule has 7 heteroatoms. The third kappa shape index (κ3) is 4.67. The van der Waals surface area contributed by atoms with Gasteiger partial charge in [-0.05, 0) is 42.8 Å². The van der Waals surface area contributed by atoms with E-state index in [4.69, 9.17) is 27.9 Å². The summed E-state index contributed by atoms with van der Waals surface area (Å²) in [7, 11) is 0. The summed E-state index contributed by atoms with van der Waals surface area (Å²) in [4.78, 5) is 20.5. The van der Waals surface area contributed by atoms with Crippen LogP contribution < -0.4 is 4.90 Å². The summed E-state index contributed by atoms with van der Waals surface area (Å²) in [6, 6.07) is 9.33. The molecule has 1 aliphatic rings. The number of aromatic nitrogens is 1. The number of ether oxygens (including phenoxy) is 1. The van der Waals surface area contributed by atoms with Crippen molar-refractivity contribution in [2.75, 3.05) is 31.1 Å². The Morgan fingerprint density at radius 2 is 2.00 bits per heavy atom. The number of benzene rings is 1. The molecule has 1 aliphatic heterocycles. The minimum atomic E-state index is 0.00779. The first-order valence-corrected chi connectivity index (χ1v) is 9.26. The van der Waals surface area contributed by atoms with Gasteiger partial charge in [-0.15, -0.1) is 0 Å². The molecule has 3 rings (SSSR count). The first-order chi connectivity index (χ1) is 12.5. The fraction of sp³-hybridized carbons (Fsp3) is 0.368. The molecular formula is C19H21Cl2N3O2. The molecular weight excluding hydrogens is 373 g/mol. The molecule has 1 amide bonds. The summed E-state index contributed by atoms with van der Waals surface area (Å²) in [6.45, 7) is 4.60. The van der Waals surface area contributed by atoms with Crippen LogP contribution in [0.2, 0.25) is 10.0 Å². The molecule has 1 atom stereocenters. The topological polar surface area (TPSA) is 45.7 Å². The number of carbonyl (C=O) groups excluding carboxylic acids is 1. The highest BCUT2D eigenvalue weighted by molar-refractivity contribution is 6.36. The third-order valence-electron chi connectivity index (χ3n) is 4.44. The third-order valence-corrected chi connectivity index (χ3v) is 4.98. The van der Waals surface area contributed by atoms with Crippen LogP contribution in [-0.2, 0) is 16.1 Å². The van der Waals surface area contributed by atoms with E-state index in [-0.39, 0.29) is 18.6 Å². The number of nitrogens with zero attached hydrogens (tertiary/aromatic N) is 3. The summed E-state index contributed by atoms with van der Waals surface area (Å²) >= 11 is 12.3. The number of anilines is 1. The molecule has 26 heavy (non-hydrogen) atoms. The summed E-state index contributed by atoms with van der Waals surface area (Å²) in [5.74, 6) is 0.00779. The Morgan fingerprint density at radius 1 is 1.23 bits per heavy atom. The van der Waals surface area contributed by atoms with Gasteiger partial charge in [-0.1, -0.05) is 23.2 Å². The lowest BCUT2D eigenvalue weighted by Crippen LogP contribution is -2.55. The Hall–Kier alpha value is -1.82. The van der Waals surface area contributed by atoms with Gasteiger partial charge >= 0.3 is 0 Å². The van der Waals surface area contributed by atoms with E-state index in [9.17, 15) is 4.79 Å². The van der Waals surface area contributed by atoms with Gasteiger partial charge in [-0.2, -0.15) is 0 Å². The highest BCUT2D eigenvalue weighted by Gasteiger charge is 2.28. The Balaban J connectivity index is 1.52.